The molecule has 1 amide bonds. The third kappa shape index (κ3) is 4.74. The number of rotatable bonds is 6. The summed E-state index contributed by atoms with van der Waals surface area (Å²) < 4.78 is 5.19. The lowest BCUT2D eigenvalue weighted by Crippen LogP contribution is -2.48. The average Bonchev–Trinajstić information content (AvgIpc) is 2.83. The van der Waals surface area contributed by atoms with Crippen LogP contribution in [-0.2, 0) is 6.54 Å². The lowest BCUT2D eigenvalue weighted by Gasteiger charge is -2.36. The highest BCUT2D eigenvalue weighted by Gasteiger charge is 2.22. The largest absolute Gasteiger partial charge is 0.497 e. The van der Waals surface area contributed by atoms with Crippen molar-refractivity contribution in [2.45, 2.75) is 6.54 Å². The Hall–Kier alpha value is -3.47. The molecule has 1 saturated heterocycles. The van der Waals surface area contributed by atoms with Crippen LogP contribution in [0.5, 0.6) is 5.75 Å². The van der Waals surface area contributed by atoms with Gasteiger partial charge in [-0.25, -0.2) is 0 Å². The number of benzene rings is 3. The number of methoxy groups -OCH3 is 1. The number of piperazine rings is 1. The summed E-state index contributed by atoms with van der Waals surface area (Å²) in [5.74, 6) is 0.954. The van der Waals surface area contributed by atoms with Gasteiger partial charge in [0.05, 0.1) is 7.11 Å². The maximum atomic E-state index is 12.9. The minimum absolute atomic E-state index is 0.101. The molecule has 1 fully saturated rings. The summed E-state index contributed by atoms with van der Waals surface area (Å²) in [7, 11) is 1.67. The lowest BCUT2D eigenvalue weighted by molar-refractivity contribution is 0.0747. The molecule has 0 saturated carbocycles. The number of nitrogens with zero attached hydrogens (tertiary/aromatic N) is 2. The van der Waals surface area contributed by atoms with E-state index in [1.165, 1.54) is 11.3 Å². The predicted molar refractivity (Wildman–Crippen MR) is 121 cm³/mol. The molecule has 3 aromatic rings. The van der Waals surface area contributed by atoms with Gasteiger partial charge in [-0.15, -0.1) is 0 Å². The SMILES string of the molecule is COc1ccc(CNc2ccc(C(=O)N3CCN(c4ccccc4)CC3)cc2)cc1. The molecule has 30 heavy (non-hydrogen) atoms. The number of para-hydroxylation sites is 1. The maximum absolute atomic E-state index is 12.9. The fraction of sp³-hybridized carbons (Fsp3) is 0.240. The molecule has 1 N–H and O–H groups in total. The molecule has 0 unspecified atom stereocenters. The number of hydrogen-bond acceptors (Lipinski definition) is 4. The third-order valence-corrected chi connectivity index (χ3v) is 5.48. The molecule has 1 aliphatic rings. The molecule has 1 heterocycles. The van der Waals surface area contributed by atoms with Crippen molar-refractivity contribution in [1.29, 1.82) is 0 Å². The number of carbonyl (C=O) groups is 1. The van der Waals surface area contributed by atoms with Gasteiger partial charge in [-0.3, -0.25) is 4.79 Å². The summed E-state index contributed by atoms with van der Waals surface area (Å²) in [5.41, 5.74) is 4.12. The van der Waals surface area contributed by atoms with Crippen molar-refractivity contribution in [2.75, 3.05) is 43.5 Å². The fourth-order valence-corrected chi connectivity index (χ4v) is 3.67. The minimum Gasteiger partial charge on any atom is -0.497 e. The number of ether oxygens (including phenoxy) is 1. The fourth-order valence-electron chi connectivity index (χ4n) is 3.67. The van der Waals surface area contributed by atoms with Crippen LogP contribution in [0.4, 0.5) is 11.4 Å². The highest BCUT2D eigenvalue weighted by atomic mass is 16.5. The van der Waals surface area contributed by atoms with Crippen LogP contribution in [0.15, 0.2) is 78.9 Å². The van der Waals surface area contributed by atoms with Gasteiger partial charge in [0, 0.05) is 49.7 Å². The quantitative estimate of drug-likeness (QED) is 0.670. The molecule has 5 nitrogen and oxygen atoms in total. The molecular formula is C25H27N3O2. The van der Waals surface area contributed by atoms with Gasteiger partial charge in [0.15, 0.2) is 0 Å². The van der Waals surface area contributed by atoms with Gasteiger partial charge < -0.3 is 19.9 Å². The highest BCUT2D eigenvalue weighted by molar-refractivity contribution is 5.94. The van der Waals surface area contributed by atoms with Crippen LogP contribution in [-0.4, -0.2) is 44.1 Å². The van der Waals surface area contributed by atoms with E-state index in [2.05, 4.69) is 34.5 Å². The summed E-state index contributed by atoms with van der Waals surface area (Å²) >= 11 is 0. The van der Waals surface area contributed by atoms with E-state index in [1.54, 1.807) is 7.11 Å². The number of amides is 1. The standard InChI is InChI=1S/C25H27N3O2/c1-30-24-13-7-20(8-14-24)19-26-22-11-9-21(10-12-22)25(29)28-17-15-27(16-18-28)23-5-3-2-4-6-23/h2-14,26H,15-19H2,1H3. The van der Waals surface area contributed by atoms with Crippen molar-refractivity contribution in [3.8, 4) is 5.75 Å². The summed E-state index contributed by atoms with van der Waals surface area (Å²) in [6.45, 7) is 3.92. The molecule has 4 rings (SSSR count). The first kappa shape index (κ1) is 19.8. The van der Waals surface area contributed by atoms with Crippen molar-refractivity contribution >= 4 is 17.3 Å². The Morgan fingerprint density at radius 1 is 0.867 bits per heavy atom. The van der Waals surface area contributed by atoms with Crippen LogP contribution in [0, 0.1) is 0 Å². The molecule has 0 radical (unpaired) electrons. The van der Waals surface area contributed by atoms with E-state index < -0.39 is 0 Å². The molecule has 0 aliphatic carbocycles. The molecular weight excluding hydrogens is 374 g/mol. The average molecular weight is 402 g/mol. The van der Waals surface area contributed by atoms with Gasteiger partial charge in [0.1, 0.15) is 5.75 Å². The molecule has 0 aromatic heterocycles. The molecule has 1 aliphatic heterocycles. The first-order valence-corrected chi connectivity index (χ1v) is 10.3. The Balaban J connectivity index is 1.29. The summed E-state index contributed by atoms with van der Waals surface area (Å²) in [4.78, 5) is 17.1. The Morgan fingerprint density at radius 2 is 1.53 bits per heavy atom. The predicted octanol–water partition coefficient (Wildman–Crippen LogP) is 4.27. The van der Waals surface area contributed by atoms with Crippen molar-refractivity contribution in [2.24, 2.45) is 0 Å². The second-order valence-corrected chi connectivity index (χ2v) is 7.39. The third-order valence-electron chi connectivity index (χ3n) is 5.48. The molecule has 0 atom stereocenters. The van der Waals surface area contributed by atoms with E-state index in [9.17, 15) is 4.79 Å². The van der Waals surface area contributed by atoms with Crippen molar-refractivity contribution in [3.63, 3.8) is 0 Å². The minimum atomic E-state index is 0.101. The first-order valence-electron chi connectivity index (χ1n) is 10.3. The summed E-state index contributed by atoms with van der Waals surface area (Å²) in [6.07, 6.45) is 0. The highest BCUT2D eigenvalue weighted by Crippen LogP contribution is 2.18. The van der Waals surface area contributed by atoms with Crippen LogP contribution in [0.25, 0.3) is 0 Å². The van der Waals surface area contributed by atoms with Crippen LogP contribution in [0.2, 0.25) is 0 Å². The van der Waals surface area contributed by atoms with Crippen molar-refractivity contribution in [3.05, 3.63) is 90.0 Å². The Labute approximate surface area is 177 Å². The molecule has 0 spiro atoms. The topological polar surface area (TPSA) is 44.8 Å². The zero-order valence-electron chi connectivity index (χ0n) is 17.3. The number of carbonyl (C=O) groups excluding carboxylic acids is 1. The van der Waals surface area contributed by atoms with E-state index in [-0.39, 0.29) is 5.91 Å². The maximum Gasteiger partial charge on any atom is 0.253 e. The van der Waals surface area contributed by atoms with Gasteiger partial charge in [0.2, 0.25) is 0 Å². The number of nitrogens with one attached hydrogen (secondary N) is 1. The van der Waals surface area contributed by atoms with Gasteiger partial charge in [-0.1, -0.05) is 30.3 Å². The Kier molecular flexibility index (Phi) is 6.18. The molecule has 3 aromatic carbocycles. The second kappa shape index (κ2) is 9.35. The molecule has 0 bridgehead atoms. The van der Waals surface area contributed by atoms with Crippen LogP contribution in [0.1, 0.15) is 15.9 Å². The zero-order valence-corrected chi connectivity index (χ0v) is 17.3. The zero-order chi connectivity index (χ0) is 20.8. The van der Waals surface area contributed by atoms with Gasteiger partial charge in [0.25, 0.3) is 5.91 Å². The van der Waals surface area contributed by atoms with Crippen LogP contribution in [0.3, 0.4) is 0 Å². The first-order chi connectivity index (χ1) is 14.7. The monoisotopic (exact) mass is 401 g/mol. The second-order valence-electron chi connectivity index (χ2n) is 7.39. The van der Waals surface area contributed by atoms with E-state index >= 15 is 0 Å². The normalized spacial score (nSPS) is 13.8. The number of anilines is 2. The van der Waals surface area contributed by atoms with Gasteiger partial charge >= 0.3 is 0 Å². The number of hydrogen-bond donors (Lipinski definition) is 1. The van der Waals surface area contributed by atoms with E-state index in [0.29, 0.717) is 0 Å². The molecule has 5 heteroatoms. The van der Waals surface area contributed by atoms with Crippen molar-refractivity contribution < 1.29 is 9.53 Å². The smallest absolute Gasteiger partial charge is 0.253 e. The lowest BCUT2D eigenvalue weighted by atomic mass is 10.1. The summed E-state index contributed by atoms with van der Waals surface area (Å²) in [6, 6.07) is 26.1. The van der Waals surface area contributed by atoms with E-state index in [1.807, 2.05) is 59.5 Å². The molecule has 154 valence electrons. The Bertz CT molecular complexity index is 948. The van der Waals surface area contributed by atoms with Crippen LogP contribution >= 0.6 is 0 Å². The van der Waals surface area contributed by atoms with Gasteiger partial charge in [-0.05, 0) is 54.1 Å². The van der Waals surface area contributed by atoms with Gasteiger partial charge in [-0.2, -0.15) is 0 Å². The van der Waals surface area contributed by atoms with Crippen molar-refractivity contribution in [1.82, 2.24) is 4.90 Å². The Morgan fingerprint density at radius 3 is 2.17 bits per heavy atom. The van der Waals surface area contributed by atoms with E-state index in [0.717, 1.165) is 49.7 Å². The van der Waals surface area contributed by atoms with Crippen LogP contribution < -0.4 is 15.0 Å². The summed E-state index contributed by atoms with van der Waals surface area (Å²) in [5, 5.41) is 3.40. The van der Waals surface area contributed by atoms with E-state index in [4.69, 9.17) is 4.74 Å².